The minimum Gasteiger partial charge on any atom is -0.260 e. The summed E-state index contributed by atoms with van der Waals surface area (Å²) in [7, 11) is 0. The molecule has 0 amide bonds. The van der Waals surface area contributed by atoms with E-state index in [2.05, 4.69) is 35.7 Å². The standard InChI is InChI=1S/C20H16ClN3S/c1-2-13-8-9-17-16(11-13)19(14-5-3-6-15(21)12-14)23-24-20(22-17)18-7-4-10-25-18/h3-12H,2H2,1H3,(H,22,24). The van der Waals surface area contributed by atoms with Crippen molar-refractivity contribution in [2.75, 3.05) is 0 Å². The summed E-state index contributed by atoms with van der Waals surface area (Å²) in [5.74, 6) is 0.762. The zero-order valence-electron chi connectivity index (χ0n) is 13.7. The first-order valence-electron chi connectivity index (χ1n) is 8.10. The summed E-state index contributed by atoms with van der Waals surface area (Å²) in [4.78, 5) is 5.88. The summed E-state index contributed by atoms with van der Waals surface area (Å²) in [5, 5.41) is 7.40. The Kier molecular flexibility index (Phi) is 4.38. The van der Waals surface area contributed by atoms with Gasteiger partial charge in [-0.15, -0.1) is 11.3 Å². The van der Waals surface area contributed by atoms with E-state index in [1.165, 1.54) is 5.56 Å². The molecule has 25 heavy (non-hydrogen) atoms. The van der Waals surface area contributed by atoms with Gasteiger partial charge in [-0.25, -0.2) is 4.99 Å². The predicted octanol–water partition coefficient (Wildman–Crippen LogP) is 5.40. The summed E-state index contributed by atoms with van der Waals surface area (Å²) < 4.78 is 0. The lowest BCUT2D eigenvalue weighted by Gasteiger charge is -2.09. The molecule has 3 nitrogen and oxygen atoms in total. The van der Waals surface area contributed by atoms with Crippen molar-refractivity contribution in [2.45, 2.75) is 13.3 Å². The van der Waals surface area contributed by atoms with E-state index in [4.69, 9.17) is 16.6 Å². The van der Waals surface area contributed by atoms with E-state index in [1.807, 2.05) is 41.8 Å². The second kappa shape index (κ2) is 6.82. The largest absolute Gasteiger partial charge is 0.260 e. The number of nitrogens with one attached hydrogen (secondary N) is 1. The summed E-state index contributed by atoms with van der Waals surface area (Å²) in [6.07, 6.45) is 0.963. The normalized spacial score (nSPS) is 13.4. The minimum atomic E-state index is 0.692. The Morgan fingerprint density at radius 2 is 2.00 bits per heavy atom. The van der Waals surface area contributed by atoms with Crippen LogP contribution in [0, 0.1) is 0 Å². The number of aryl methyl sites for hydroxylation is 1. The average molecular weight is 366 g/mol. The predicted molar refractivity (Wildman–Crippen MR) is 107 cm³/mol. The second-order valence-electron chi connectivity index (χ2n) is 5.73. The van der Waals surface area contributed by atoms with Crippen LogP contribution in [0.15, 0.2) is 70.1 Å². The number of hydrogen-bond acceptors (Lipinski definition) is 4. The Hall–Kier alpha value is -2.43. The Labute approximate surface area is 155 Å². The maximum atomic E-state index is 6.20. The molecule has 1 N–H and O–H groups in total. The molecule has 4 rings (SSSR count). The van der Waals surface area contributed by atoms with Crippen LogP contribution in [0.2, 0.25) is 5.02 Å². The van der Waals surface area contributed by atoms with Gasteiger partial charge in [0.25, 0.3) is 0 Å². The summed E-state index contributed by atoms with van der Waals surface area (Å²) in [6, 6.07) is 18.2. The van der Waals surface area contributed by atoms with Crippen molar-refractivity contribution in [3.63, 3.8) is 0 Å². The third-order valence-corrected chi connectivity index (χ3v) is 5.19. The molecule has 0 unspecified atom stereocenters. The summed E-state index contributed by atoms with van der Waals surface area (Å²) in [6.45, 7) is 2.15. The molecule has 0 radical (unpaired) electrons. The van der Waals surface area contributed by atoms with Crippen molar-refractivity contribution in [1.29, 1.82) is 0 Å². The Balaban J connectivity index is 1.90. The van der Waals surface area contributed by atoms with Gasteiger partial charge in [0, 0.05) is 16.1 Å². The van der Waals surface area contributed by atoms with Crippen LogP contribution in [0.1, 0.15) is 28.5 Å². The van der Waals surface area contributed by atoms with Gasteiger partial charge in [0.15, 0.2) is 5.84 Å². The van der Waals surface area contributed by atoms with Crippen LogP contribution < -0.4 is 5.43 Å². The highest BCUT2D eigenvalue weighted by atomic mass is 35.5. The summed E-state index contributed by atoms with van der Waals surface area (Å²) >= 11 is 7.83. The van der Waals surface area contributed by atoms with Gasteiger partial charge in [0.2, 0.25) is 0 Å². The van der Waals surface area contributed by atoms with Gasteiger partial charge < -0.3 is 0 Å². The van der Waals surface area contributed by atoms with Crippen LogP contribution >= 0.6 is 22.9 Å². The van der Waals surface area contributed by atoms with Gasteiger partial charge >= 0.3 is 0 Å². The molecule has 124 valence electrons. The Morgan fingerprint density at radius 1 is 1.08 bits per heavy atom. The molecule has 0 saturated heterocycles. The van der Waals surface area contributed by atoms with Gasteiger partial charge in [-0.3, -0.25) is 5.43 Å². The third kappa shape index (κ3) is 3.23. The Morgan fingerprint density at radius 3 is 2.76 bits per heavy atom. The van der Waals surface area contributed by atoms with Crippen LogP contribution in [0.25, 0.3) is 0 Å². The molecule has 2 heterocycles. The number of rotatable bonds is 3. The maximum Gasteiger partial charge on any atom is 0.164 e. The van der Waals surface area contributed by atoms with E-state index in [-0.39, 0.29) is 0 Å². The maximum absolute atomic E-state index is 6.20. The highest BCUT2D eigenvalue weighted by Crippen LogP contribution is 2.28. The first-order valence-corrected chi connectivity index (χ1v) is 9.36. The quantitative estimate of drug-likeness (QED) is 0.663. The number of benzene rings is 2. The molecule has 1 aromatic heterocycles. The molecule has 3 aromatic rings. The lowest BCUT2D eigenvalue weighted by molar-refractivity contribution is 1.03. The molecule has 2 aromatic carbocycles. The number of fused-ring (bicyclic) bond motifs is 1. The molecule has 0 bridgehead atoms. The molecule has 5 heteroatoms. The Bertz CT molecular complexity index is 974. The van der Waals surface area contributed by atoms with E-state index in [1.54, 1.807) is 11.3 Å². The lowest BCUT2D eigenvalue weighted by atomic mass is 9.98. The molecular weight excluding hydrogens is 350 g/mol. The number of hydrogen-bond donors (Lipinski definition) is 1. The monoisotopic (exact) mass is 365 g/mol. The van der Waals surface area contributed by atoms with Crippen molar-refractivity contribution in [3.05, 3.63) is 86.6 Å². The molecule has 0 fully saturated rings. The van der Waals surface area contributed by atoms with Crippen LogP contribution in [-0.4, -0.2) is 11.5 Å². The SMILES string of the molecule is CCc1ccc2c(c1)C(c1cccc(Cl)c1)=NNC(c1cccs1)=N2. The smallest absolute Gasteiger partial charge is 0.164 e. The van der Waals surface area contributed by atoms with Gasteiger partial charge in [-0.2, -0.15) is 5.10 Å². The highest BCUT2D eigenvalue weighted by molar-refractivity contribution is 7.12. The molecule has 0 aliphatic carbocycles. The van der Waals surface area contributed by atoms with E-state index in [0.29, 0.717) is 5.02 Å². The minimum absolute atomic E-state index is 0.692. The number of thiophene rings is 1. The third-order valence-electron chi connectivity index (χ3n) is 4.08. The van der Waals surface area contributed by atoms with Crippen molar-refractivity contribution < 1.29 is 0 Å². The molecule has 0 spiro atoms. The van der Waals surface area contributed by atoms with Gasteiger partial charge in [0.05, 0.1) is 10.6 Å². The zero-order chi connectivity index (χ0) is 17.2. The van der Waals surface area contributed by atoms with Crippen molar-refractivity contribution in [3.8, 4) is 0 Å². The van der Waals surface area contributed by atoms with E-state index < -0.39 is 0 Å². The lowest BCUT2D eigenvalue weighted by Crippen LogP contribution is -2.18. The van der Waals surface area contributed by atoms with Crippen molar-refractivity contribution in [1.82, 2.24) is 5.43 Å². The molecule has 0 saturated carbocycles. The number of amidine groups is 1. The van der Waals surface area contributed by atoms with Crippen LogP contribution in [0.3, 0.4) is 0 Å². The first kappa shape index (κ1) is 16.1. The van der Waals surface area contributed by atoms with Gasteiger partial charge in [0.1, 0.15) is 5.71 Å². The molecular formula is C20H16ClN3S. The zero-order valence-corrected chi connectivity index (χ0v) is 15.2. The number of nitrogens with zero attached hydrogens (tertiary/aromatic N) is 2. The fourth-order valence-electron chi connectivity index (χ4n) is 2.78. The molecule has 1 aliphatic rings. The van der Waals surface area contributed by atoms with E-state index >= 15 is 0 Å². The molecule has 0 atom stereocenters. The van der Waals surface area contributed by atoms with Crippen LogP contribution in [0.5, 0.6) is 0 Å². The van der Waals surface area contributed by atoms with Gasteiger partial charge in [-0.1, -0.05) is 42.8 Å². The van der Waals surface area contributed by atoms with Crippen LogP contribution in [0.4, 0.5) is 5.69 Å². The van der Waals surface area contributed by atoms with Crippen molar-refractivity contribution in [2.24, 2.45) is 10.1 Å². The first-order chi connectivity index (χ1) is 12.2. The number of halogens is 1. The van der Waals surface area contributed by atoms with Crippen LogP contribution in [-0.2, 0) is 6.42 Å². The average Bonchev–Trinajstić information content (AvgIpc) is 3.09. The number of aliphatic imine (C=N–C) groups is 1. The summed E-state index contributed by atoms with van der Waals surface area (Å²) in [5.41, 5.74) is 8.14. The number of hydrazone groups is 1. The highest BCUT2D eigenvalue weighted by Gasteiger charge is 2.18. The fourth-order valence-corrected chi connectivity index (χ4v) is 3.64. The van der Waals surface area contributed by atoms with Crippen molar-refractivity contribution >= 4 is 40.2 Å². The second-order valence-corrected chi connectivity index (χ2v) is 7.11. The molecule has 1 aliphatic heterocycles. The van der Waals surface area contributed by atoms with Gasteiger partial charge in [-0.05, 0) is 47.7 Å². The van der Waals surface area contributed by atoms with E-state index in [0.717, 1.165) is 39.7 Å². The van der Waals surface area contributed by atoms with E-state index in [9.17, 15) is 0 Å². The topological polar surface area (TPSA) is 36.8 Å². The fraction of sp³-hybridized carbons (Fsp3) is 0.100.